The number of aromatic nitrogens is 1. The molecule has 176 valence electrons. The zero-order chi connectivity index (χ0) is 24.0. The summed E-state index contributed by atoms with van der Waals surface area (Å²) in [5.74, 6) is -0.521. The van der Waals surface area contributed by atoms with E-state index < -0.39 is 17.6 Å². The van der Waals surface area contributed by atoms with E-state index in [1.54, 1.807) is 11.8 Å². The van der Waals surface area contributed by atoms with Crippen LogP contribution >= 0.6 is 0 Å². The summed E-state index contributed by atoms with van der Waals surface area (Å²) >= 11 is 0. The number of nitrogens with zero attached hydrogens (tertiary/aromatic N) is 2. The quantitative estimate of drug-likeness (QED) is 0.549. The van der Waals surface area contributed by atoms with Crippen LogP contribution in [0.25, 0.3) is 10.9 Å². The Morgan fingerprint density at radius 3 is 2.53 bits per heavy atom. The van der Waals surface area contributed by atoms with Crippen LogP contribution in [0.5, 0.6) is 0 Å². The highest BCUT2D eigenvalue weighted by Gasteiger charge is 2.60. The number of H-pyrrole nitrogens is 1. The lowest BCUT2D eigenvalue weighted by Gasteiger charge is -2.36. The molecule has 3 heterocycles. The van der Waals surface area contributed by atoms with Gasteiger partial charge in [-0.3, -0.25) is 9.59 Å². The molecule has 2 aliphatic heterocycles. The fourth-order valence-electron chi connectivity index (χ4n) is 5.37. The van der Waals surface area contributed by atoms with Crippen LogP contribution in [0.3, 0.4) is 0 Å². The number of rotatable bonds is 6. The van der Waals surface area contributed by atoms with E-state index in [9.17, 15) is 14.4 Å². The standard InChI is InChI=1S/C27H30N4O3/c1-17(2)15-22(24(32)28-16-18-9-5-4-6-10-18)31-25(33)27(3)23-20(13-14-30(27)26(31)34)19-11-7-8-12-21(19)29-23/h4-12,17,22,29H,13-16H2,1-3H3,(H,28,32). The molecule has 3 aromatic rings. The number of hydrogen-bond acceptors (Lipinski definition) is 3. The Balaban J connectivity index is 1.49. The van der Waals surface area contributed by atoms with Gasteiger partial charge < -0.3 is 15.2 Å². The minimum absolute atomic E-state index is 0.127. The van der Waals surface area contributed by atoms with E-state index in [1.807, 2.05) is 68.4 Å². The van der Waals surface area contributed by atoms with Crippen molar-refractivity contribution in [1.82, 2.24) is 20.1 Å². The smallest absolute Gasteiger partial charge is 0.328 e. The van der Waals surface area contributed by atoms with Crippen molar-refractivity contribution in [3.05, 3.63) is 71.4 Å². The van der Waals surface area contributed by atoms with Crippen LogP contribution in [-0.4, -0.2) is 45.2 Å². The number of benzene rings is 2. The number of aromatic amines is 1. The summed E-state index contributed by atoms with van der Waals surface area (Å²) in [6, 6.07) is 16.3. The van der Waals surface area contributed by atoms with Crippen molar-refractivity contribution in [3.63, 3.8) is 0 Å². The average Bonchev–Trinajstić information content (AvgIpc) is 3.30. The molecule has 7 nitrogen and oxygen atoms in total. The van der Waals surface area contributed by atoms with Gasteiger partial charge in [-0.25, -0.2) is 9.69 Å². The predicted molar refractivity (Wildman–Crippen MR) is 130 cm³/mol. The number of para-hydroxylation sites is 1. The second-order valence-electron chi connectivity index (χ2n) is 9.80. The van der Waals surface area contributed by atoms with Crippen LogP contribution in [0.4, 0.5) is 4.79 Å². The maximum Gasteiger partial charge on any atom is 0.328 e. The summed E-state index contributed by atoms with van der Waals surface area (Å²) in [6.45, 7) is 6.57. The van der Waals surface area contributed by atoms with Gasteiger partial charge in [-0.15, -0.1) is 0 Å². The molecule has 0 radical (unpaired) electrons. The van der Waals surface area contributed by atoms with Crippen molar-refractivity contribution in [2.24, 2.45) is 5.92 Å². The third-order valence-corrected chi connectivity index (χ3v) is 7.12. The van der Waals surface area contributed by atoms with Gasteiger partial charge in [0.05, 0.1) is 5.69 Å². The van der Waals surface area contributed by atoms with E-state index >= 15 is 0 Å². The summed E-state index contributed by atoms with van der Waals surface area (Å²) in [6.07, 6.45) is 1.07. The molecular formula is C27H30N4O3. The lowest BCUT2D eigenvalue weighted by molar-refractivity contribution is -0.140. The maximum absolute atomic E-state index is 14.0. The Morgan fingerprint density at radius 2 is 1.79 bits per heavy atom. The number of imide groups is 1. The third-order valence-electron chi connectivity index (χ3n) is 7.12. The van der Waals surface area contributed by atoms with E-state index in [0.29, 0.717) is 25.9 Å². The molecule has 7 heteroatoms. The SMILES string of the molecule is CC(C)CC(C(=O)NCc1ccccc1)N1C(=O)N2CCc3c([nH]c4ccccc34)C2(C)C1=O. The molecule has 34 heavy (non-hydrogen) atoms. The molecule has 2 N–H and O–H groups in total. The first-order valence-electron chi connectivity index (χ1n) is 11.9. The summed E-state index contributed by atoms with van der Waals surface area (Å²) in [5, 5.41) is 4.03. The van der Waals surface area contributed by atoms with E-state index in [1.165, 1.54) is 4.90 Å². The topological polar surface area (TPSA) is 85.5 Å². The highest BCUT2D eigenvalue weighted by Crippen LogP contribution is 2.44. The normalized spacial score (nSPS) is 20.6. The fourth-order valence-corrected chi connectivity index (χ4v) is 5.37. The Hall–Kier alpha value is -3.61. The predicted octanol–water partition coefficient (Wildman–Crippen LogP) is 3.93. The first-order valence-corrected chi connectivity index (χ1v) is 11.9. The zero-order valence-corrected chi connectivity index (χ0v) is 19.8. The third kappa shape index (κ3) is 3.38. The van der Waals surface area contributed by atoms with Crippen LogP contribution in [-0.2, 0) is 28.1 Å². The fraction of sp³-hybridized carbons (Fsp3) is 0.370. The number of nitrogens with one attached hydrogen (secondary N) is 2. The minimum Gasteiger partial charge on any atom is -0.356 e. The van der Waals surface area contributed by atoms with Crippen molar-refractivity contribution in [3.8, 4) is 0 Å². The van der Waals surface area contributed by atoms with Crippen LogP contribution in [0.2, 0.25) is 0 Å². The second kappa shape index (κ2) is 8.31. The zero-order valence-electron chi connectivity index (χ0n) is 19.8. The molecule has 2 atom stereocenters. The summed E-state index contributed by atoms with van der Waals surface area (Å²) in [7, 11) is 0. The Bertz CT molecular complexity index is 1270. The monoisotopic (exact) mass is 458 g/mol. The highest BCUT2D eigenvalue weighted by molar-refractivity contribution is 6.11. The van der Waals surface area contributed by atoms with Crippen molar-refractivity contribution in [2.75, 3.05) is 6.54 Å². The van der Waals surface area contributed by atoms with Gasteiger partial charge in [-0.05, 0) is 42.9 Å². The summed E-state index contributed by atoms with van der Waals surface area (Å²) in [5.41, 5.74) is 2.59. The van der Waals surface area contributed by atoms with Gasteiger partial charge >= 0.3 is 6.03 Å². The Morgan fingerprint density at radius 1 is 1.09 bits per heavy atom. The molecule has 2 unspecified atom stereocenters. The number of amides is 4. The van der Waals surface area contributed by atoms with Crippen LogP contribution < -0.4 is 5.32 Å². The first-order chi connectivity index (χ1) is 16.3. The molecule has 2 aliphatic rings. The molecule has 1 aromatic heterocycles. The molecule has 4 amide bonds. The first kappa shape index (κ1) is 22.2. The Kier molecular flexibility index (Phi) is 5.42. The Labute approximate surface area is 199 Å². The molecule has 2 aromatic carbocycles. The van der Waals surface area contributed by atoms with Crippen LogP contribution in [0, 0.1) is 5.92 Å². The molecule has 0 spiro atoms. The largest absolute Gasteiger partial charge is 0.356 e. The number of hydrogen-bond donors (Lipinski definition) is 2. The van der Waals surface area contributed by atoms with Gasteiger partial charge in [-0.2, -0.15) is 0 Å². The van der Waals surface area contributed by atoms with E-state index in [-0.39, 0.29) is 17.7 Å². The van der Waals surface area contributed by atoms with Crippen molar-refractivity contribution in [1.29, 1.82) is 0 Å². The number of urea groups is 1. The molecule has 1 saturated heterocycles. The maximum atomic E-state index is 14.0. The summed E-state index contributed by atoms with van der Waals surface area (Å²) < 4.78 is 0. The van der Waals surface area contributed by atoms with E-state index in [0.717, 1.165) is 27.7 Å². The van der Waals surface area contributed by atoms with Crippen molar-refractivity contribution < 1.29 is 14.4 Å². The highest BCUT2D eigenvalue weighted by atomic mass is 16.2. The lowest BCUT2D eigenvalue weighted by atomic mass is 9.87. The van der Waals surface area contributed by atoms with Crippen LogP contribution in [0.15, 0.2) is 54.6 Å². The van der Waals surface area contributed by atoms with Gasteiger partial charge in [0.15, 0.2) is 5.54 Å². The van der Waals surface area contributed by atoms with Gasteiger partial charge in [-0.1, -0.05) is 62.4 Å². The van der Waals surface area contributed by atoms with Gasteiger partial charge in [0.2, 0.25) is 5.91 Å². The molecule has 0 bridgehead atoms. The van der Waals surface area contributed by atoms with Gasteiger partial charge in [0, 0.05) is 24.0 Å². The average molecular weight is 459 g/mol. The van der Waals surface area contributed by atoms with Crippen molar-refractivity contribution in [2.45, 2.75) is 51.7 Å². The van der Waals surface area contributed by atoms with E-state index in [4.69, 9.17) is 0 Å². The number of carbonyl (C=O) groups excluding carboxylic acids is 3. The molecular weight excluding hydrogens is 428 g/mol. The lowest BCUT2D eigenvalue weighted by Crippen LogP contribution is -2.51. The number of carbonyl (C=O) groups is 3. The minimum atomic E-state index is -1.15. The molecule has 0 aliphatic carbocycles. The molecule has 0 saturated carbocycles. The molecule has 5 rings (SSSR count). The number of fused-ring (bicyclic) bond motifs is 5. The summed E-state index contributed by atoms with van der Waals surface area (Å²) in [4.78, 5) is 47.2. The van der Waals surface area contributed by atoms with Crippen molar-refractivity contribution >= 4 is 28.7 Å². The molecule has 1 fully saturated rings. The van der Waals surface area contributed by atoms with Gasteiger partial charge in [0.25, 0.3) is 5.91 Å². The second-order valence-corrected chi connectivity index (χ2v) is 9.80. The van der Waals surface area contributed by atoms with Crippen LogP contribution in [0.1, 0.15) is 44.0 Å². The van der Waals surface area contributed by atoms with E-state index in [2.05, 4.69) is 10.3 Å². The van der Waals surface area contributed by atoms with Gasteiger partial charge in [0.1, 0.15) is 6.04 Å².